The van der Waals surface area contributed by atoms with Crippen molar-refractivity contribution in [3.05, 3.63) is 23.7 Å². The quantitative estimate of drug-likeness (QED) is 0.288. The zero-order valence-electron chi connectivity index (χ0n) is 5.80. The third kappa shape index (κ3) is 6.59. The summed E-state index contributed by atoms with van der Waals surface area (Å²) in [5, 5.41) is 0. The molecule has 0 rings (SSSR count). The fourth-order valence-electron chi connectivity index (χ4n) is 0.272. The molecular weight excluding hydrogens is 254 g/mol. The molecule has 0 saturated heterocycles. The zero-order chi connectivity index (χ0) is 9.99. The monoisotopic (exact) mass is 262 g/mol. The molecule has 0 bridgehead atoms. The van der Waals surface area contributed by atoms with Crippen LogP contribution < -0.4 is 0 Å². The number of hydrogen-bond acceptors (Lipinski definition) is 5. The molecule has 0 aromatic heterocycles. The van der Waals surface area contributed by atoms with Crippen molar-refractivity contribution >= 4 is 79.4 Å². The standard InChI is InChI=1S/C4H6O6S2.2Na.2H/c1-3-10-12(8,9)4(2)11(5,6)7;;;;/h3H,1-2H2,(H,5,6,7);;;;. The normalized spacial score (nSPS) is 10.4. The predicted octanol–water partition coefficient (Wildman–Crippen LogP) is -1.46. The van der Waals surface area contributed by atoms with Crippen LogP contribution in [0.2, 0.25) is 0 Å². The second-order valence-electron chi connectivity index (χ2n) is 1.56. The van der Waals surface area contributed by atoms with E-state index in [1.54, 1.807) is 0 Å². The first-order chi connectivity index (χ1) is 5.22. The van der Waals surface area contributed by atoms with Gasteiger partial charge in [-0.25, -0.2) is 0 Å². The van der Waals surface area contributed by atoms with E-state index in [9.17, 15) is 16.8 Å². The fraction of sp³-hybridized carbons (Fsp3) is 0. The van der Waals surface area contributed by atoms with E-state index in [4.69, 9.17) is 4.55 Å². The Morgan fingerprint density at radius 2 is 1.57 bits per heavy atom. The minimum absolute atomic E-state index is 0. The summed E-state index contributed by atoms with van der Waals surface area (Å²) >= 11 is 0. The van der Waals surface area contributed by atoms with Gasteiger partial charge in [0.25, 0.3) is 0 Å². The van der Waals surface area contributed by atoms with Crippen LogP contribution in [0.1, 0.15) is 0 Å². The molecule has 0 aromatic carbocycles. The molecular formula is C4H8Na2O6S2. The molecule has 0 aliphatic carbocycles. The minimum atomic E-state index is -4.84. The molecule has 0 heterocycles. The third-order valence-electron chi connectivity index (χ3n) is 0.761. The maximum atomic E-state index is 10.6. The molecule has 0 radical (unpaired) electrons. The van der Waals surface area contributed by atoms with Crippen molar-refractivity contribution in [2.75, 3.05) is 0 Å². The van der Waals surface area contributed by atoms with Crippen molar-refractivity contribution in [2.24, 2.45) is 0 Å². The molecule has 0 aliphatic rings. The van der Waals surface area contributed by atoms with Crippen molar-refractivity contribution in [3.8, 4) is 0 Å². The topological polar surface area (TPSA) is 97.7 Å². The second-order valence-corrected chi connectivity index (χ2v) is 4.86. The zero-order valence-corrected chi connectivity index (χ0v) is 7.43. The van der Waals surface area contributed by atoms with Gasteiger partial charge in [-0.05, 0) is 0 Å². The summed E-state index contributed by atoms with van der Waals surface area (Å²) in [5.74, 6) is 0. The van der Waals surface area contributed by atoms with Gasteiger partial charge in [0.1, 0.15) is 0 Å². The Morgan fingerprint density at radius 3 is 1.79 bits per heavy atom. The molecule has 0 aliphatic heterocycles. The summed E-state index contributed by atoms with van der Waals surface area (Å²) in [7, 11) is -9.36. The Bertz CT molecular complexity index is 394. The molecule has 0 amide bonds. The van der Waals surface area contributed by atoms with Crippen LogP contribution in [0.15, 0.2) is 23.7 Å². The molecule has 0 spiro atoms. The van der Waals surface area contributed by atoms with Crippen molar-refractivity contribution in [1.82, 2.24) is 0 Å². The first-order valence-corrected chi connectivity index (χ1v) is 5.27. The van der Waals surface area contributed by atoms with Crippen LogP contribution in [-0.2, 0) is 24.4 Å². The fourth-order valence-corrected chi connectivity index (χ4v) is 1.71. The van der Waals surface area contributed by atoms with Gasteiger partial charge in [-0.2, -0.15) is 16.8 Å². The van der Waals surface area contributed by atoms with Gasteiger partial charge in [0, 0.05) is 0 Å². The molecule has 0 unspecified atom stereocenters. The Hall–Kier alpha value is 1.14. The van der Waals surface area contributed by atoms with Gasteiger partial charge in [0.15, 0.2) is 0 Å². The molecule has 6 nitrogen and oxygen atoms in total. The Kier molecular flexibility index (Phi) is 10.9. The predicted molar refractivity (Wildman–Crippen MR) is 55.2 cm³/mol. The van der Waals surface area contributed by atoms with Crippen LogP contribution in [0.3, 0.4) is 0 Å². The Labute approximate surface area is 127 Å². The molecule has 10 heteroatoms. The molecule has 0 atom stereocenters. The van der Waals surface area contributed by atoms with Crippen LogP contribution in [0.25, 0.3) is 0 Å². The summed E-state index contributed by atoms with van der Waals surface area (Å²) < 4.78 is 52.3. The van der Waals surface area contributed by atoms with Crippen LogP contribution in [0.5, 0.6) is 0 Å². The van der Waals surface area contributed by atoms with Gasteiger partial charge >= 0.3 is 79.4 Å². The summed E-state index contributed by atoms with van der Waals surface area (Å²) in [6.07, 6.45) is 0.506. The van der Waals surface area contributed by atoms with Gasteiger partial charge in [-0.1, -0.05) is 13.2 Å². The molecule has 1 N–H and O–H groups in total. The summed E-state index contributed by atoms with van der Waals surface area (Å²) in [5.41, 5.74) is 0. The average Bonchev–Trinajstić information content (AvgIpc) is 1.84. The molecule has 0 aromatic rings. The Balaban J connectivity index is -0.000000605. The SMILES string of the molecule is C=COS(=O)(=O)C(=C)S(=O)(=O)O.[NaH].[NaH]. The van der Waals surface area contributed by atoms with E-state index in [1.807, 2.05) is 0 Å². The van der Waals surface area contributed by atoms with Crippen LogP contribution in [0, 0.1) is 0 Å². The summed E-state index contributed by atoms with van der Waals surface area (Å²) in [4.78, 5) is 0. The Morgan fingerprint density at radius 1 is 1.21 bits per heavy atom. The first kappa shape index (κ1) is 20.5. The van der Waals surface area contributed by atoms with E-state index in [1.165, 1.54) is 0 Å². The van der Waals surface area contributed by atoms with Gasteiger partial charge in [-0.15, -0.1) is 0 Å². The molecule has 14 heavy (non-hydrogen) atoms. The van der Waals surface area contributed by atoms with Gasteiger partial charge in [0.05, 0.1) is 6.26 Å². The van der Waals surface area contributed by atoms with Crippen LogP contribution >= 0.6 is 0 Å². The van der Waals surface area contributed by atoms with E-state index in [-0.39, 0.29) is 59.1 Å². The molecule has 0 fully saturated rings. The summed E-state index contributed by atoms with van der Waals surface area (Å²) in [6.45, 7) is 5.51. The number of rotatable bonds is 4. The van der Waals surface area contributed by atoms with E-state index in [0.29, 0.717) is 6.26 Å². The van der Waals surface area contributed by atoms with Crippen molar-refractivity contribution < 1.29 is 25.6 Å². The second kappa shape index (κ2) is 7.42. The van der Waals surface area contributed by atoms with E-state index >= 15 is 0 Å². The van der Waals surface area contributed by atoms with E-state index < -0.39 is 24.5 Å². The van der Waals surface area contributed by atoms with Crippen LogP contribution in [0.4, 0.5) is 0 Å². The van der Waals surface area contributed by atoms with E-state index in [0.717, 1.165) is 0 Å². The van der Waals surface area contributed by atoms with E-state index in [2.05, 4.69) is 17.3 Å². The van der Waals surface area contributed by atoms with Crippen molar-refractivity contribution in [3.63, 3.8) is 0 Å². The summed E-state index contributed by atoms with van der Waals surface area (Å²) in [6, 6.07) is 0. The van der Waals surface area contributed by atoms with Crippen molar-refractivity contribution in [1.29, 1.82) is 0 Å². The van der Waals surface area contributed by atoms with Gasteiger partial charge < -0.3 is 4.18 Å². The molecule has 74 valence electrons. The number of hydrogen-bond donors (Lipinski definition) is 1. The van der Waals surface area contributed by atoms with Gasteiger partial charge in [-0.3, -0.25) is 4.55 Å². The first-order valence-electron chi connectivity index (χ1n) is 2.42. The average molecular weight is 262 g/mol. The maximum absolute atomic E-state index is 10.6. The van der Waals surface area contributed by atoms with Crippen LogP contribution in [-0.4, -0.2) is 80.5 Å². The molecule has 0 saturated carbocycles. The van der Waals surface area contributed by atoms with Gasteiger partial charge in [0.2, 0.25) is 4.24 Å². The third-order valence-corrected chi connectivity index (χ3v) is 3.53. The van der Waals surface area contributed by atoms with Crippen molar-refractivity contribution in [2.45, 2.75) is 0 Å².